The van der Waals surface area contributed by atoms with Gasteiger partial charge in [0.25, 0.3) is 0 Å². The van der Waals surface area contributed by atoms with Crippen LogP contribution in [0.2, 0.25) is 0 Å². The van der Waals surface area contributed by atoms with Gasteiger partial charge in [0.2, 0.25) is 21.8 Å². The fraction of sp³-hybridized carbons (Fsp3) is 0.522. The number of sulfonamides is 1. The summed E-state index contributed by atoms with van der Waals surface area (Å²) in [5.41, 5.74) is 0.439. The number of benzene rings is 1. The van der Waals surface area contributed by atoms with Crippen LogP contribution in [0, 0.1) is 23.7 Å². The molecule has 1 aromatic carbocycles. The number of anilines is 1. The van der Waals surface area contributed by atoms with Crippen LogP contribution in [0.5, 0.6) is 0 Å². The van der Waals surface area contributed by atoms with Crippen molar-refractivity contribution in [3.8, 4) is 0 Å². The fourth-order valence-corrected chi connectivity index (χ4v) is 7.07. The summed E-state index contributed by atoms with van der Waals surface area (Å²) in [6.07, 6.45) is 4.46. The number of allylic oxidation sites excluding steroid dienone is 2. The predicted octanol–water partition coefficient (Wildman–Crippen LogP) is 0.978. The van der Waals surface area contributed by atoms with E-state index < -0.39 is 16.1 Å². The van der Waals surface area contributed by atoms with Gasteiger partial charge in [-0.25, -0.2) is 13.2 Å². The molecule has 3 fully saturated rings. The lowest BCUT2D eigenvalue weighted by Crippen LogP contribution is -2.50. The maximum atomic E-state index is 13.0. The normalized spacial score (nSPS) is 29.0. The molecule has 2 saturated heterocycles. The zero-order valence-electron chi connectivity index (χ0n) is 18.9. The van der Waals surface area contributed by atoms with E-state index in [1.165, 1.54) is 40.6 Å². The Morgan fingerprint density at radius 1 is 0.971 bits per heavy atom. The molecule has 2 aliphatic carbocycles. The average molecular weight is 489 g/mol. The molecule has 34 heavy (non-hydrogen) atoms. The molecule has 2 heterocycles. The van der Waals surface area contributed by atoms with Crippen molar-refractivity contribution in [2.45, 2.75) is 11.3 Å². The summed E-state index contributed by atoms with van der Waals surface area (Å²) in [6, 6.07) is 5.94. The second-order valence-corrected chi connectivity index (χ2v) is 11.2. The number of likely N-dealkylation sites (tertiary alicyclic amines) is 1. The van der Waals surface area contributed by atoms with E-state index in [1.54, 1.807) is 0 Å². The van der Waals surface area contributed by atoms with Crippen LogP contribution in [0.25, 0.3) is 0 Å². The number of ether oxygens (including phenoxy) is 1. The number of methoxy groups -OCH3 is 1. The van der Waals surface area contributed by atoms with Crippen LogP contribution < -0.4 is 5.32 Å². The highest BCUT2D eigenvalue weighted by molar-refractivity contribution is 7.89. The number of hydrogen-bond acceptors (Lipinski definition) is 7. The molecule has 2 aliphatic heterocycles. The Labute approximate surface area is 198 Å². The van der Waals surface area contributed by atoms with Gasteiger partial charge >= 0.3 is 6.09 Å². The third-order valence-electron chi connectivity index (χ3n) is 7.46. The maximum Gasteiger partial charge on any atom is 0.411 e. The Balaban J connectivity index is 1.13. The van der Waals surface area contributed by atoms with Gasteiger partial charge in [-0.2, -0.15) is 4.31 Å². The van der Waals surface area contributed by atoms with Crippen molar-refractivity contribution in [3.05, 3.63) is 36.4 Å². The van der Waals surface area contributed by atoms with Gasteiger partial charge in [0.15, 0.2) is 0 Å². The topological polar surface area (TPSA) is 116 Å². The van der Waals surface area contributed by atoms with Crippen LogP contribution in [-0.4, -0.2) is 86.8 Å². The molecule has 3 amide bonds. The molecule has 182 valence electrons. The molecule has 2 bridgehead atoms. The Kier molecular flexibility index (Phi) is 5.95. The van der Waals surface area contributed by atoms with E-state index in [9.17, 15) is 22.8 Å². The van der Waals surface area contributed by atoms with Crippen molar-refractivity contribution < 1.29 is 27.5 Å². The zero-order valence-corrected chi connectivity index (χ0v) is 19.7. The number of carbonyl (C=O) groups is 3. The Morgan fingerprint density at radius 3 is 2.12 bits per heavy atom. The number of rotatable bonds is 6. The third kappa shape index (κ3) is 3.91. The number of amides is 3. The number of fused-ring (bicyclic) bond motifs is 5. The first-order chi connectivity index (χ1) is 16.3. The van der Waals surface area contributed by atoms with Crippen LogP contribution in [0.1, 0.15) is 6.42 Å². The number of nitrogens with one attached hydrogen (secondary N) is 1. The number of imide groups is 1. The molecule has 4 atom stereocenters. The Morgan fingerprint density at radius 2 is 1.56 bits per heavy atom. The number of carbonyl (C=O) groups excluding carboxylic acids is 3. The summed E-state index contributed by atoms with van der Waals surface area (Å²) < 4.78 is 32.0. The second kappa shape index (κ2) is 8.79. The van der Waals surface area contributed by atoms with Crippen molar-refractivity contribution in [2.75, 3.05) is 51.7 Å². The summed E-state index contributed by atoms with van der Waals surface area (Å²) in [5, 5.41) is 2.49. The predicted molar refractivity (Wildman–Crippen MR) is 122 cm³/mol. The molecule has 0 unspecified atom stereocenters. The summed E-state index contributed by atoms with van der Waals surface area (Å²) in [7, 11) is -2.41. The first kappa shape index (κ1) is 23.0. The molecule has 5 rings (SSSR count). The molecule has 1 N–H and O–H groups in total. The Hall–Kier alpha value is -2.76. The van der Waals surface area contributed by atoms with Crippen molar-refractivity contribution in [1.29, 1.82) is 0 Å². The largest absolute Gasteiger partial charge is 0.453 e. The number of piperazine rings is 1. The number of nitrogens with zero attached hydrogens (tertiary/aromatic N) is 3. The highest BCUT2D eigenvalue weighted by Gasteiger charge is 2.59. The first-order valence-corrected chi connectivity index (χ1v) is 12.9. The van der Waals surface area contributed by atoms with E-state index in [2.05, 4.69) is 27.1 Å². The van der Waals surface area contributed by atoms with Crippen molar-refractivity contribution in [3.63, 3.8) is 0 Å². The lowest BCUT2D eigenvalue weighted by atomic mass is 9.85. The van der Waals surface area contributed by atoms with Gasteiger partial charge in [-0.1, -0.05) is 12.2 Å². The highest BCUT2D eigenvalue weighted by Crippen LogP contribution is 2.52. The van der Waals surface area contributed by atoms with Gasteiger partial charge in [0.1, 0.15) is 0 Å². The quantitative estimate of drug-likeness (QED) is 0.469. The van der Waals surface area contributed by atoms with Gasteiger partial charge in [0, 0.05) is 45.0 Å². The SMILES string of the molecule is COC(=O)Nc1ccc(S(=O)(=O)N2CCN(CCN3C(=O)[C@@H]4[C@H](C3=O)[C@@H]3C=C[C@H]4C3)CC2)cc1. The molecule has 4 aliphatic rings. The molecule has 0 spiro atoms. The minimum atomic E-state index is -3.66. The maximum absolute atomic E-state index is 13.0. The van der Waals surface area contributed by atoms with Gasteiger partial charge < -0.3 is 4.74 Å². The molecule has 10 nitrogen and oxygen atoms in total. The fourth-order valence-electron chi connectivity index (χ4n) is 5.65. The molecular formula is C23H28N4O6S. The molecule has 1 saturated carbocycles. The van der Waals surface area contributed by atoms with Gasteiger partial charge in [-0.15, -0.1) is 0 Å². The highest BCUT2D eigenvalue weighted by atomic mass is 32.2. The van der Waals surface area contributed by atoms with E-state index in [4.69, 9.17) is 0 Å². The summed E-state index contributed by atoms with van der Waals surface area (Å²) in [4.78, 5) is 40.6. The number of hydrogen-bond donors (Lipinski definition) is 1. The molecule has 11 heteroatoms. The third-order valence-corrected chi connectivity index (χ3v) is 9.37. The molecule has 1 aromatic rings. The first-order valence-electron chi connectivity index (χ1n) is 11.5. The van der Waals surface area contributed by atoms with Gasteiger partial charge in [0.05, 0.1) is 23.8 Å². The summed E-state index contributed by atoms with van der Waals surface area (Å²) in [5.74, 6) is -0.0418. The van der Waals surface area contributed by atoms with Crippen molar-refractivity contribution in [1.82, 2.24) is 14.1 Å². The van der Waals surface area contributed by atoms with E-state index in [0.29, 0.717) is 45.0 Å². The summed E-state index contributed by atoms with van der Waals surface area (Å²) >= 11 is 0. The van der Waals surface area contributed by atoms with E-state index in [-0.39, 0.29) is 40.4 Å². The monoisotopic (exact) mass is 488 g/mol. The van der Waals surface area contributed by atoms with Crippen LogP contribution >= 0.6 is 0 Å². The van der Waals surface area contributed by atoms with Crippen LogP contribution in [0.15, 0.2) is 41.3 Å². The second-order valence-electron chi connectivity index (χ2n) is 9.21. The van der Waals surface area contributed by atoms with Crippen LogP contribution in [0.4, 0.5) is 10.5 Å². The molecule has 0 aromatic heterocycles. The van der Waals surface area contributed by atoms with Crippen molar-refractivity contribution >= 4 is 33.6 Å². The van der Waals surface area contributed by atoms with Gasteiger partial charge in [-0.3, -0.25) is 24.7 Å². The van der Waals surface area contributed by atoms with E-state index in [0.717, 1.165) is 6.42 Å². The minimum absolute atomic E-state index is 0.0433. The standard InChI is InChI=1S/C23H28N4O6S/c1-33-23(30)24-17-4-6-18(7-5-17)34(31,32)26-11-8-25(9-12-26)10-13-27-21(28)19-15-2-3-16(14-15)20(19)22(27)29/h2-7,15-16,19-20H,8-14H2,1H3,(H,24,30)/t15-,16+,19-,20+. The lowest BCUT2D eigenvalue weighted by Gasteiger charge is -2.34. The molecular weight excluding hydrogens is 460 g/mol. The van der Waals surface area contributed by atoms with E-state index in [1.807, 2.05) is 0 Å². The van der Waals surface area contributed by atoms with Gasteiger partial charge in [-0.05, 0) is 42.5 Å². The zero-order chi connectivity index (χ0) is 24.0. The Bertz CT molecular complexity index is 1100. The van der Waals surface area contributed by atoms with E-state index >= 15 is 0 Å². The molecule has 0 radical (unpaired) electrons. The van der Waals surface area contributed by atoms with Crippen molar-refractivity contribution in [2.24, 2.45) is 23.7 Å². The smallest absolute Gasteiger partial charge is 0.411 e. The average Bonchev–Trinajstić information content (AvgIpc) is 3.52. The lowest BCUT2D eigenvalue weighted by molar-refractivity contribution is -0.141. The van der Waals surface area contributed by atoms with Crippen LogP contribution in [0.3, 0.4) is 0 Å². The minimum Gasteiger partial charge on any atom is -0.453 e. The van der Waals surface area contributed by atoms with Crippen LogP contribution in [-0.2, 0) is 24.3 Å². The summed E-state index contributed by atoms with van der Waals surface area (Å²) in [6.45, 7) is 2.60.